The smallest absolute Gasteiger partial charge is 0.271 e. The van der Waals surface area contributed by atoms with Gasteiger partial charge in [-0.3, -0.25) is 9.59 Å². The van der Waals surface area contributed by atoms with Gasteiger partial charge >= 0.3 is 0 Å². The van der Waals surface area contributed by atoms with Gasteiger partial charge in [0.25, 0.3) is 11.8 Å². The van der Waals surface area contributed by atoms with Crippen LogP contribution in [0.1, 0.15) is 28.4 Å². The first kappa shape index (κ1) is 27.3. The van der Waals surface area contributed by atoms with Crippen molar-refractivity contribution in [2.24, 2.45) is 5.10 Å². The van der Waals surface area contributed by atoms with Gasteiger partial charge in [-0.1, -0.05) is 29.3 Å². The number of rotatable bonds is 11. The van der Waals surface area contributed by atoms with E-state index in [1.54, 1.807) is 30.3 Å². The highest BCUT2D eigenvalue weighted by Crippen LogP contribution is 2.36. The molecule has 0 unspecified atom stereocenters. The van der Waals surface area contributed by atoms with Crippen molar-refractivity contribution in [1.82, 2.24) is 5.43 Å². The minimum absolute atomic E-state index is 0.224. The van der Waals surface area contributed by atoms with Crippen LogP contribution in [0.25, 0.3) is 0 Å². The van der Waals surface area contributed by atoms with Crippen molar-refractivity contribution in [1.29, 1.82) is 0 Å². The Labute approximate surface area is 220 Å². The molecule has 0 spiro atoms. The number of hydrogen-bond donors (Lipinski definition) is 2. The predicted molar refractivity (Wildman–Crippen MR) is 143 cm³/mol. The molecule has 0 bridgehead atoms. The summed E-state index contributed by atoms with van der Waals surface area (Å²) in [5, 5.41) is 6.99. The van der Waals surface area contributed by atoms with E-state index in [4.69, 9.17) is 30.5 Å². The molecule has 3 rings (SSSR count). The minimum Gasteiger partial charge on any atom is -0.493 e. The fourth-order valence-electron chi connectivity index (χ4n) is 3.24. The van der Waals surface area contributed by atoms with Crippen LogP contribution in [0.15, 0.2) is 59.7 Å². The third-order valence-electron chi connectivity index (χ3n) is 5.04. The lowest BCUT2D eigenvalue weighted by Gasteiger charge is -2.14. The molecular formula is C27H28ClN3O6. The molecule has 0 heterocycles. The van der Waals surface area contributed by atoms with Crippen LogP contribution in [0.3, 0.4) is 0 Å². The molecule has 9 nitrogen and oxygen atoms in total. The van der Waals surface area contributed by atoms with E-state index >= 15 is 0 Å². The highest BCUT2D eigenvalue weighted by molar-refractivity contribution is 6.32. The van der Waals surface area contributed by atoms with Crippen molar-refractivity contribution >= 4 is 35.3 Å². The van der Waals surface area contributed by atoms with Gasteiger partial charge in [-0.25, -0.2) is 5.43 Å². The minimum atomic E-state index is -0.437. The molecule has 0 aromatic heterocycles. The average Bonchev–Trinajstić information content (AvgIpc) is 2.89. The number of methoxy groups -OCH3 is 2. The molecule has 0 saturated heterocycles. The molecule has 3 aromatic carbocycles. The summed E-state index contributed by atoms with van der Waals surface area (Å²) in [5.41, 5.74) is 5.10. The first-order valence-electron chi connectivity index (χ1n) is 11.4. The van der Waals surface area contributed by atoms with Crippen LogP contribution in [0.4, 0.5) is 5.69 Å². The lowest BCUT2D eigenvalue weighted by Crippen LogP contribution is -2.20. The van der Waals surface area contributed by atoms with E-state index in [-0.39, 0.29) is 23.3 Å². The maximum absolute atomic E-state index is 12.5. The van der Waals surface area contributed by atoms with E-state index in [2.05, 4.69) is 15.8 Å². The number of amides is 2. The molecule has 3 aromatic rings. The van der Waals surface area contributed by atoms with Gasteiger partial charge in [-0.05, 0) is 61.9 Å². The molecule has 0 saturated carbocycles. The van der Waals surface area contributed by atoms with Crippen LogP contribution >= 0.6 is 11.6 Å². The highest BCUT2D eigenvalue weighted by atomic mass is 35.5. The molecule has 0 aliphatic rings. The summed E-state index contributed by atoms with van der Waals surface area (Å²) in [6.45, 7) is 3.86. The molecule has 2 N–H and O–H groups in total. The topological polar surface area (TPSA) is 107 Å². The van der Waals surface area contributed by atoms with E-state index in [1.165, 1.54) is 20.4 Å². The van der Waals surface area contributed by atoms with Crippen LogP contribution in [0, 0.1) is 6.92 Å². The van der Waals surface area contributed by atoms with Gasteiger partial charge in [0, 0.05) is 11.3 Å². The van der Waals surface area contributed by atoms with Crippen LogP contribution < -0.4 is 29.7 Å². The molecule has 2 amide bonds. The molecule has 0 atom stereocenters. The van der Waals surface area contributed by atoms with E-state index in [0.717, 1.165) is 5.56 Å². The fourth-order valence-corrected chi connectivity index (χ4v) is 3.52. The van der Waals surface area contributed by atoms with Gasteiger partial charge in [-0.2, -0.15) is 5.10 Å². The second kappa shape index (κ2) is 13.2. The third kappa shape index (κ3) is 7.62. The van der Waals surface area contributed by atoms with Gasteiger partial charge in [0.05, 0.1) is 32.1 Å². The summed E-state index contributed by atoms with van der Waals surface area (Å²) in [6, 6.07) is 15.4. The molecule has 37 heavy (non-hydrogen) atoms. The second-order valence-corrected chi connectivity index (χ2v) is 8.14. The Bertz CT molecular complexity index is 1280. The zero-order valence-electron chi connectivity index (χ0n) is 21.0. The molecule has 0 fully saturated rings. The number of nitrogens with one attached hydrogen (secondary N) is 2. The summed E-state index contributed by atoms with van der Waals surface area (Å²) in [4.78, 5) is 24.8. The largest absolute Gasteiger partial charge is 0.493 e. The van der Waals surface area contributed by atoms with Crippen LogP contribution in [0.2, 0.25) is 5.02 Å². The van der Waals surface area contributed by atoms with Gasteiger partial charge in [0.1, 0.15) is 0 Å². The van der Waals surface area contributed by atoms with Crippen molar-refractivity contribution in [2.75, 3.05) is 32.8 Å². The van der Waals surface area contributed by atoms with E-state index < -0.39 is 5.91 Å². The van der Waals surface area contributed by atoms with Crippen molar-refractivity contribution in [3.8, 4) is 23.0 Å². The molecule has 0 radical (unpaired) electrons. The van der Waals surface area contributed by atoms with E-state index in [9.17, 15) is 9.59 Å². The summed E-state index contributed by atoms with van der Waals surface area (Å²) in [5.74, 6) is 0.727. The lowest BCUT2D eigenvalue weighted by atomic mass is 10.2. The number of carbonyl (C=O) groups is 2. The Morgan fingerprint density at radius 2 is 1.68 bits per heavy atom. The Kier molecular flexibility index (Phi) is 9.74. The number of ether oxygens (including phenoxy) is 4. The van der Waals surface area contributed by atoms with E-state index in [0.29, 0.717) is 40.7 Å². The van der Waals surface area contributed by atoms with Gasteiger partial charge < -0.3 is 24.3 Å². The monoisotopic (exact) mass is 525 g/mol. The SMILES string of the molecule is CCOc1cc(/C=N/NC(=O)c2ccc(OC)c(OC)c2)cc(Cl)c1OCC(=O)Nc1ccc(C)cc1. The Morgan fingerprint density at radius 3 is 2.35 bits per heavy atom. The molecule has 10 heteroatoms. The maximum Gasteiger partial charge on any atom is 0.271 e. The normalized spacial score (nSPS) is 10.6. The zero-order chi connectivity index (χ0) is 26.8. The van der Waals surface area contributed by atoms with Gasteiger partial charge in [-0.15, -0.1) is 0 Å². The first-order chi connectivity index (χ1) is 17.8. The van der Waals surface area contributed by atoms with Crippen molar-refractivity contribution in [2.45, 2.75) is 13.8 Å². The predicted octanol–water partition coefficient (Wildman–Crippen LogP) is 4.85. The molecule has 0 aliphatic carbocycles. The Morgan fingerprint density at radius 1 is 0.946 bits per heavy atom. The second-order valence-electron chi connectivity index (χ2n) is 7.73. The molecular weight excluding hydrogens is 498 g/mol. The summed E-state index contributed by atoms with van der Waals surface area (Å²) < 4.78 is 21.7. The quantitative estimate of drug-likeness (QED) is 0.274. The summed E-state index contributed by atoms with van der Waals surface area (Å²) >= 11 is 6.42. The van der Waals surface area contributed by atoms with Gasteiger partial charge in [0.15, 0.2) is 29.6 Å². The summed E-state index contributed by atoms with van der Waals surface area (Å²) in [7, 11) is 3.00. The highest BCUT2D eigenvalue weighted by Gasteiger charge is 2.15. The van der Waals surface area contributed by atoms with Crippen molar-refractivity contribution in [3.05, 3.63) is 76.3 Å². The number of anilines is 1. The van der Waals surface area contributed by atoms with Crippen LogP contribution in [0.5, 0.6) is 23.0 Å². The Balaban J connectivity index is 1.66. The molecule has 194 valence electrons. The van der Waals surface area contributed by atoms with Crippen molar-refractivity contribution < 1.29 is 28.5 Å². The van der Waals surface area contributed by atoms with Crippen LogP contribution in [-0.4, -0.2) is 45.5 Å². The third-order valence-corrected chi connectivity index (χ3v) is 5.32. The van der Waals surface area contributed by atoms with Gasteiger partial charge in [0.2, 0.25) is 0 Å². The lowest BCUT2D eigenvalue weighted by molar-refractivity contribution is -0.118. The number of aryl methyl sites for hydroxylation is 1. The number of carbonyl (C=O) groups excluding carboxylic acids is 2. The number of halogens is 1. The average molecular weight is 526 g/mol. The first-order valence-corrected chi connectivity index (χ1v) is 11.7. The Hall–Kier alpha value is -4.24. The van der Waals surface area contributed by atoms with E-state index in [1.807, 2.05) is 38.1 Å². The summed E-state index contributed by atoms with van der Waals surface area (Å²) in [6.07, 6.45) is 1.42. The number of hydrazone groups is 1. The van der Waals surface area contributed by atoms with Crippen molar-refractivity contribution in [3.63, 3.8) is 0 Å². The zero-order valence-corrected chi connectivity index (χ0v) is 21.7. The van der Waals surface area contributed by atoms with Crippen LogP contribution in [-0.2, 0) is 4.79 Å². The fraction of sp³-hybridized carbons (Fsp3) is 0.222. The number of benzene rings is 3. The molecule has 0 aliphatic heterocycles. The standard InChI is InChI=1S/C27H28ClN3O6/c1-5-36-24-13-18(15-29-31-27(33)19-8-11-22(34-3)23(14-19)35-4)12-21(28)26(24)37-16-25(32)30-20-9-6-17(2)7-10-20/h6-15H,5,16H2,1-4H3,(H,30,32)(H,31,33)/b29-15+. The number of nitrogens with zero attached hydrogens (tertiary/aromatic N) is 1. The number of hydrogen-bond acceptors (Lipinski definition) is 7. The maximum atomic E-state index is 12.5.